The summed E-state index contributed by atoms with van der Waals surface area (Å²) in [5.41, 5.74) is 7.51. The Labute approximate surface area is 173 Å². The summed E-state index contributed by atoms with van der Waals surface area (Å²) in [6.07, 6.45) is 0. The molecule has 28 heavy (non-hydrogen) atoms. The highest BCUT2D eigenvalue weighted by Crippen LogP contribution is 2.27. The van der Waals surface area contributed by atoms with Gasteiger partial charge in [0.1, 0.15) is 11.5 Å². The Morgan fingerprint density at radius 1 is 0.964 bits per heavy atom. The van der Waals surface area contributed by atoms with Crippen molar-refractivity contribution in [3.63, 3.8) is 0 Å². The molecule has 0 bridgehead atoms. The first-order chi connectivity index (χ1) is 13.3. The zero-order valence-electron chi connectivity index (χ0n) is 16.5. The molecule has 0 heterocycles. The molecule has 0 aliphatic heterocycles. The van der Waals surface area contributed by atoms with E-state index in [4.69, 9.17) is 9.47 Å². The Bertz CT molecular complexity index is 829. The van der Waals surface area contributed by atoms with Crippen LogP contribution in [-0.4, -0.2) is 25.0 Å². The van der Waals surface area contributed by atoms with E-state index in [1.165, 1.54) is 0 Å². The molecule has 0 saturated carbocycles. The first-order valence-corrected chi connectivity index (χ1v) is 9.76. The summed E-state index contributed by atoms with van der Waals surface area (Å²) >= 11 is 3.42. The number of aryl methyl sites for hydroxylation is 2. The highest BCUT2D eigenvalue weighted by Gasteiger charge is 2.11. The molecular formula is C21H25BrN2O4. The minimum Gasteiger partial charge on any atom is -0.483 e. The van der Waals surface area contributed by atoms with Crippen LogP contribution in [0, 0.1) is 13.8 Å². The number of ether oxygens (including phenoxy) is 2. The summed E-state index contributed by atoms with van der Waals surface area (Å²) in [6.45, 7) is 7.50. The van der Waals surface area contributed by atoms with Crippen molar-refractivity contribution >= 4 is 27.7 Å². The fourth-order valence-corrected chi connectivity index (χ4v) is 3.39. The minimum absolute atomic E-state index is 0.199. The maximum atomic E-state index is 11.9. The number of hydrogen-bond acceptors (Lipinski definition) is 4. The number of rotatable bonds is 7. The fourth-order valence-electron chi connectivity index (χ4n) is 2.71. The van der Waals surface area contributed by atoms with E-state index in [0.717, 1.165) is 21.2 Å². The van der Waals surface area contributed by atoms with Crippen LogP contribution in [0.2, 0.25) is 0 Å². The topological polar surface area (TPSA) is 76.7 Å². The number of hydrogen-bond donors (Lipinski definition) is 2. The average Bonchev–Trinajstić information content (AvgIpc) is 2.63. The summed E-state index contributed by atoms with van der Waals surface area (Å²) in [4.78, 5) is 23.9. The van der Waals surface area contributed by atoms with Gasteiger partial charge >= 0.3 is 0 Å². The van der Waals surface area contributed by atoms with Gasteiger partial charge in [-0.1, -0.05) is 48.0 Å². The molecule has 7 heteroatoms. The van der Waals surface area contributed by atoms with Crippen molar-refractivity contribution in [2.45, 2.75) is 33.6 Å². The molecule has 6 nitrogen and oxygen atoms in total. The van der Waals surface area contributed by atoms with Gasteiger partial charge in [-0.2, -0.15) is 0 Å². The lowest BCUT2D eigenvalue weighted by atomic mass is 10.0. The molecule has 0 fully saturated rings. The minimum atomic E-state index is -0.461. The number of hydrazine groups is 1. The SMILES string of the molecule is Cc1cc(Br)cc(C)c1OCC(=O)NNC(=O)COc1ccccc1C(C)C. The van der Waals surface area contributed by atoms with Gasteiger partial charge in [0.2, 0.25) is 0 Å². The summed E-state index contributed by atoms with van der Waals surface area (Å²) in [5, 5.41) is 0. The molecular weight excluding hydrogens is 424 g/mol. The molecule has 0 saturated heterocycles. The highest BCUT2D eigenvalue weighted by atomic mass is 79.9. The molecule has 0 unspecified atom stereocenters. The highest BCUT2D eigenvalue weighted by molar-refractivity contribution is 9.10. The predicted molar refractivity (Wildman–Crippen MR) is 111 cm³/mol. The third kappa shape index (κ3) is 6.27. The summed E-state index contributed by atoms with van der Waals surface area (Å²) in [6, 6.07) is 11.4. The molecule has 0 aromatic heterocycles. The van der Waals surface area contributed by atoms with Gasteiger partial charge in [0, 0.05) is 4.47 Å². The van der Waals surface area contributed by atoms with Crippen molar-refractivity contribution in [3.8, 4) is 11.5 Å². The molecule has 2 rings (SSSR count). The molecule has 2 aromatic carbocycles. The lowest BCUT2D eigenvalue weighted by Crippen LogP contribution is -2.45. The summed E-state index contributed by atoms with van der Waals surface area (Å²) < 4.78 is 12.1. The molecule has 2 aromatic rings. The van der Waals surface area contributed by atoms with Gasteiger partial charge in [-0.05, 0) is 54.7 Å². The Hall–Kier alpha value is -2.54. The maximum Gasteiger partial charge on any atom is 0.276 e. The van der Waals surface area contributed by atoms with Crippen LogP contribution in [0.25, 0.3) is 0 Å². The smallest absolute Gasteiger partial charge is 0.276 e. The standard InChI is InChI=1S/C21H25BrN2O4/c1-13(2)17-7-5-6-8-18(17)27-11-19(25)23-24-20(26)12-28-21-14(3)9-16(22)10-15(21)4/h5-10,13H,11-12H2,1-4H3,(H,23,25)(H,24,26). The van der Waals surface area contributed by atoms with Gasteiger partial charge in [-0.15, -0.1) is 0 Å². The van der Waals surface area contributed by atoms with E-state index in [1.54, 1.807) is 0 Å². The average molecular weight is 449 g/mol. The summed E-state index contributed by atoms with van der Waals surface area (Å²) in [7, 11) is 0. The van der Waals surface area contributed by atoms with Crippen molar-refractivity contribution in [2.24, 2.45) is 0 Å². The number of amides is 2. The van der Waals surface area contributed by atoms with E-state index >= 15 is 0 Å². The second-order valence-electron chi connectivity index (χ2n) is 6.73. The van der Waals surface area contributed by atoms with Gasteiger partial charge in [0.25, 0.3) is 11.8 Å². The Balaban J connectivity index is 1.78. The van der Waals surface area contributed by atoms with Gasteiger partial charge in [0.05, 0.1) is 0 Å². The number of para-hydroxylation sites is 1. The van der Waals surface area contributed by atoms with Crippen LogP contribution in [0.15, 0.2) is 40.9 Å². The Morgan fingerprint density at radius 3 is 2.07 bits per heavy atom. The number of benzene rings is 2. The molecule has 0 atom stereocenters. The lowest BCUT2D eigenvalue weighted by Gasteiger charge is -2.14. The zero-order valence-corrected chi connectivity index (χ0v) is 18.1. The normalized spacial score (nSPS) is 10.5. The molecule has 0 aliphatic carbocycles. The van der Waals surface area contributed by atoms with Crippen LogP contribution in [0.4, 0.5) is 0 Å². The van der Waals surface area contributed by atoms with E-state index < -0.39 is 11.8 Å². The molecule has 2 amide bonds. The van der Waals surface area contributed by atoms with E-state index in [9.17, 15) is 9.59 Å². The van der Waals surface area contributed by atoms with Gasteiger partial charge in [-0.25, -0.2) is 0 Å². The molecule has 0 aliphatic rings. The number of nitrogens with one attached hydrogen (secondary N) is 2. The van der Waals surface area contributed by atoms with E-state index in [2.05, 4.69) is 40.6 Å². The van der Waals surface area contributed by atoms with Crippen LogP contribution in [0.3, 0.4) is 0 Å². The molecule has 2 N–H and O–H groups in total. The van der Waals surface area contributed by atoms with Gasteiger partial charge in [-0.3, -0.25) is 20.4 Å². The van der Waals surface area contributed by atoms with E-state index in [-0.39, 0.29) is 19.1 Å². The molecule has 150 valence electrons. The van der Waals surface area contributed by atoms with Crippen molar-refractivity contribution in [1.82, 2.24) is 10.9 Å². The van der Waals surface area contributed by atoms with E-state index in [0.29, 0.717) is 11.5 Å². The number of carbonyl (C=O) groups is 2. The van der Waals surface area contributed by atoms with Crippen molar-refractivity contribution in [2.75, 3.05) is 13.2 Å². The Morgan fingerprint density at radius 2 is 1.50 bits per heavy atom. The van der Waals surface area contributed by atoms with E-state index in [1.807, 2.05) is 50.2 Å². The Kier molecular flexibility index (Phi) is 7.87. The van der Waals surface area contributed by atoms with Crippen LogP contribution < -0.4 is 20.3 Å². The van der Waals surface area contributed by atoms with Crippen molar-refractivity contribution < 1.29 is 19.1 Å². The van der Waals surface area contributed by atoms with Crippen LogP contribution in [0.1, 0.15) is 36.5 Å². The third-order valence-electron chi connectivity index (χ3n) is 4.01. The fraction of sp³-hybridized carbons (Fsp3) is 0.333. The van der Waals surface area contributed by atoms with Gasteiger partial charge in [0.15, 0.2) is 13.2 Å². The second kappa shape index (κ2) is 10.1. The first kappa shape index (κ1) is 21.8. The predicted octanol–water partition coefficient (Wildman–Crippen LogP) is 3.79. The van der Waals surface area contributed by atoms with Crippen LogP contribution >= 0.6 is 15.9 Å². The first-order valence-electron chi connectivity index (χ1n) is 8.97. The van der Waals surface area contributed by atoms with Gasteiger partial charge < -0.3 is 9.47 Å². The van der Waals surface area contributed by atoms with Crippen LogP contribution in [-0.2, 0) is 9.59 Å². The zero-order chi connectivity index (χ0) is 20.7. The third-order valence-corrected chi connectivity index (χ3v) is 4.47. The number of halogens is 1. The number of carbonyl (C=O) groups excluding carboxylic acids is 2. The molecule has 0 radical (unpaired) electrons. The monoisotopic (exact) mass is 448 g/mol. The van der Waals surface area contributed by atoms with Crippen molar-refractivity contribution in [3.05, 3.63) is 57.6 Å². The molecule has 0 spiro atoms. The van der Waals surface area contributed by atoms with Crippen LogP contribution in [0.5, 0.6) is 11.5 Å². The second-order valence-corrected chi connectivity index (χ2v) is 7.65. The lowest BCUT2D eigenvalue weighted by molar-refractivity contribution is -0.131. The van der Waals surface area contributed by atoms with Crippen molar-refractivity contribution in [1.29, 1.82) is 0 Å². The largest absolute Gasteiger partial charge is 0.483 e. The summed E-state index contributed by atoms with van der Waals surface area (Å²) in [5.74, 6) is 0.670. The quantitative estimate of drug-likeness (QED) is 0.631. The maximum absolute atomic E-state index is 11.9.